The molecule has 0 atom stereocenters. The minimum absolute atomic E-state index is 0.0840. The van der Waals surface area contributed by atoms with E-state index in [4.69, 9.17) is 4.42 Å². The van der Waals surface area contributed by atoms with Crippen molar-refractivity contribution in [3.8, 4) is 11.1 Å². The molecule has 122 valence electrons. The maximum absolute atomic E-state index is 14.1. The molecule has 24 heavy (non-hydrogen) atoms. The molecule has 0 aliphatic heterocycles. The van der Waals surface area contributed by atoms with Gasteiger partial charge in [-0.15, -0.1) is 0 Å². The van der Waals surface area contributed by atoms with Crippen LogP contribution in [-0.4, -0.2) is 4.57 Å². The topological polar surface area (TPSA) is 52.2 Å². The SMILES string of the molecule is Cc1oc(=O)n(CCc2ccccc2)c(=O)c1-c1ccccc1F. The standard InChI is InChI=1S/C19H16FNO3/c1-13-17(15-9-5-6-10-16(15)20)18(22)21(19(23)24-13)12-11-14-7-3-2-4-8-14/h2-10H,11-12H2,1H3. The van der Waals surface area contributed by atoms with Crippen LogP contribution >= 0.6 is 0 Å². The van der Waals surface area contributed by atoms with Gasteiger partial charge < -0.3 is 4.42 Å². The summed E-state index contributed by atoms with van der Waals surface area (Å²) in [7, 11) is 0. The Bertz CT molecular complexity index is 974. The molecule has 0 amide bonds. The van der Waals surface area contributed by atoms with Gasteiger partial charge in [-0.3, -0.25) is 4.79 Å². The molecular weight excluding hydrogens is 309 g/mol. The van der Waals surface area contributed by atoms with Gasteiger partial charge in [0.2, 0.25) is 0 Å². The van der Waals surface area contributed by atoms with Crippen molar-refractivity contribution in [3.63, 3.8) is 0 Å². The zero-order valence-corrected chi connectivity index (χ0v) is 13.2. The van der Waals surface area contributed by atoms with Crippen LogP contribution in [0.25, 0.3) is 11.1 Å². The Kier molecular flexibility index (Phi) is 4.42. The number of nitrogens with zero attached hydrogens (tertiary/aromatic N) is 1. The van der Waals surface area contributed by atoms with Crippen molar-refractivity contribution in [2.45, 2.75) is 19.9 Å². The van der Waals surface area contributed by atoms with E-state index in [0.717, 1.165) is 10.1 Å². The Labute approximate surface area is 137 Å². The van der Waals surface area contributed by atoms with E-state index >= 15 is 0 Å². The molecule has 1 heterocycles. The number of rotatable bonds is 4. The maximum Gasteiger partial charge on any atom is 0.421 e. The lowest BCUT2D eigenvalue weighted by Gasteiger charge is -2.09. The molecule has 0 bridgehead atoms. The molecule has 0 saturated heterocycles. The van der Waals surface area contributed by atoms with Crippen molar-refractivity contribution in [1.82, 2.24) is 4.57 Å². The van der Waals surface area contributed by atoms with Crippen LogP contribution in [-0.2, 0) is 13.0 Å². The number of aryl methyl sites for hydroxylation is 2. The van der Waals surface area contributed by atoms with Gasteiger partial charge in [-0.05, 0) is 25.0 Å². The number of aromatic nitrogens is 1. The highest BCUT2D eigenvalue weighted by atomic mass is 19.1. The van der Waals surface area contributed by atoms with Gasteiger partial charge in [0, 0.05) is 12.1 Å². The fraction of sp³-hybridized carbons (Fsp3) is 0.158. The molecule has 0 aliphatic carbocycles. The van der Waals surface area contributed by atoms with E-state index < -0.39 is 17.1 Å². The zero-order valence-electron chi connectivity index (χ0n) is 13.2. The Morgan fingerprint density at radius 3 is 2.38 bits per heavy atom. The van der Waals surface area contributed by atoms with Crippen LogP contribution in [0.5, 0.6) is 0 Å². The zero-order chi connectivity index (χ0) is 17.1. The van der Waals surface area contributed by atoms with Gasteiger partial charge >= 0.3 is 5.76 Å². The molecule has 0 N–H and O–H groups in total. The Hall–Kier alpha value is -2.95. The first-order valence-corrected chi connectivity index (χ1v) is 7.61. The molecule has 1 aromatic heterocycles. The largest absolute Gasteiger partial charge is 0.421 e. The second kappa shape index (κ2) is 6.66. The second-order valence-electron chi connectivity index (χ2n) is 5.47. The second-order valence-corrected chi connectivity index (χ2v) is 5.47. The first-order chi connectivity index (χ1) is 11.6. The minimum atomic E-state index is -0.728. The predicted octanol–water partition coefficient (Wildman–Crippen LogP) is 3.16. The maximum atomic E-state index is 14.1. The van der Waals surface area contributed by atoms with Crippen molar-refractivity contribution in [2.75, 3.05) is 0 Å². The third-order valence-corrected chi connectivity index (χ3v) is 3.88. The highest BCUT2D eigenvalue weighted by Gasteiger charge is 2.17. The van der Waals surface area contributed by atoms with Crippen molar-refractivity contribution in [1.29, 1.82) is 0 Å². The van der Waals surface area contributed by atoms with Gasteiger partial charge in [0.1, 0.15) is 11.6 Å². The van der Waals surface area contributed by atoms with Gasteiger partial charge in [0.05, 0.1) is 5.56 Å². The van der Waals surface area contributed by atoms with Crippen LogP contribution in [0, 0.1) is 12.7 Å². The van der Waals surface area contributed by atoms with Crippen molar-refractivity contribution in [2.24, 2.45) is 0 Å². The first kappa shape index (κ1) is 15.9. The number of hydrogen-bond acceptors (Lipinski definition) is 3. The van der Waals surface area contributed by atoms with Crippen LogP contribution in [0.1, 0.15) is 11.3 Å². The summed E-state index contributed by atoms with van der Waals surface area (Å²) >= 11 is 0. The van der Waals surface area contributed by atoms with E-state index in [9.17, 15) is 14.0 Å². The van der Waals surface area contributed by atoms with Crippen LogP contribution in [0.15, 0.2) is 68.6 Å². The van der Waals surface area contributed by atoms with E-state index in [0.29, 0.717) is 6.42 Å². The monoisotopic (exact) mass is 325 g/mol. The Morgan fingerprint density at radius 2 is 1.67 bits per heavy atom. The molecule has 0 spiro atoms. The van der Waals surface area contributed by atoms with Crippen molar-refractivity contribution >= 4 is 0 Å². The third kappa shape index (κ3) is 3.06. The predicted molar refractivity (Wildman–Crippen MR) is 89.5 cm³/mol. The number of hydrogen-bond donors (Lipinski definition) is 0. The van der Waals surface area contributed by atoms with E-state index in [2.05, 4.69) is 0 Å². The van der Waals surface area contributed by atoms with Gasteiger partial charge in [-0.2, -0.15) is 0 Å². The van der Waals surface area contributed by atoms with E-state index in [-0.39, 0.29) is 23.4 Å². The van der Waals surface area contributed by atoms with E-state index in [1.807, 2.05) is 30.3 Å². The van der Waals surface area contributed by atoms with Crippen LogP contribution in [0.3, 0.4) is 0 Å². The lowest BCUT2D eigenvalue weighted by atomic mass is 10.1. The molecule has 0 fully saturated rings. The quantitative estimate of drug-likeness (QED) is 0.740. The van der Waals surface area contributed by atoms with Gasteiger partial charge in [-0.25, -0.2) is 13.8 Å². The number of halogens is 1. The summed E-state index contributed by atoms with van der Waals surface area (Å²) in [6, 6.07) is 15.5. The summed E-state index contributed by atoms with van der Waals surface area (Å²) in [6.45, 7) is 1.67. The van der Waals surface area contributed by atoms with Crippen LogP contribution in [0.2, 0.25) is 0 Å². The Balaban J connectivity index is 2.05. The molecule has 0 unspecified atom stereocenters. The van der Waals surface area contributed by atoms with Gasteiger partial charge in [-0.1, -0.05) is 48.5 Å². The van der Waals surface area contributed by atoms with E-state index in [1.165, 1.54) is 19.1 Å². The normalized spacial score (nSPS) is 10.8. The molecule has 0 radical (unpaired) electrons. The van der Waals surface area contributed by atoms with Gasteiger partial charge in [0.15, 0.2) is 0 Å². The lowest BCUT2D eigenvalue weighted by Crippen LogP contribution is -2.35. The van der Waals surface area contributed by atoms with Crippen LogP contribution in [0.4, 0.5) is 4.39 Å². The molecule has 3 aromatic rings. The smallest absolute Gasteiger partial charge is 0.414 e. The average molecular weight is 325 g/mol. The average Bonchev–Trinajstić information content (AvgIpc) is 2.57. The minimum Gasteiger partial charge on any atom is -0.414 e. The highest BCUT2D eigenvalue weighted by Crippen LogP contribution is 2.21. The lowest BCUT2D eigenvalue weighted by molar-refractivity contribution is 0.401. The molecule has 0 aliphatic rings. The summed E-state index contributed by atoms with van der Waals surface area (Å²) in [4.78, 5) is 24.8. The molecule has 0 saturated carbocycles. The molecular formula is C19H16FNO3. The summed E-state index contributed by atoms with van der Waals surface area (Å²) in [6.07, 6.45) is 0.505. The third-order valence-electron chi connectivity index (χ3n) is 3.88. The van der Waals surface area contributed by atoms with Crippen molar-refractivity contribution < 1.29 is 8.81 Å². The fourth-order valence-corrected chi connectivity index (χ4v) is 2.65. The summed E-state index contributed by atoms with van der Waals surface area (Å²) in [5.41, 5.74) is 0.680. The molecule has 3 rings (SSSR count). The number of benzene rings is 2. The van der Waals surface area contributed by atoms with Crippen LogP contribution < -0.4 is 11.3 Å². The first-order valence-electron chi connectivity index (χ1n) is 7.61. The van der Waals surface area contributed by atoms with Crippen molar-refractivity contribution in [3.05, 3.63) is 92.6 Å². The fourth-order valence-electron chi connectivity index (χ4n) is 2.65. The molecule has 2 aromatic carbocycles. The highest BCUT2D eigenvalue weighted by molar-refractivity contribution is 5.64. The summed E-state index contributed by atoms with van der Waals surface area (Å²) in [5, 5.41) is 0. The molecule has 5 heteroatoms. The molecule has 4 nitrogen and oxygen atoms in total. The summed E-state index contributed by atoms with van der Waals surface area (Å²) in [5.74, 6) is -1.14. The summed E-state index contributed by atoms with van der Waals surface area (Å²) < 4.78 is 20.2. The van der Waals surface area contributed by atoms with Gasteiger partial charge in [0.25, 0.3) is 5.56 Å². The van der Waals surface area contributed by atoms with E-state index in [1.54, 1.807) is 12.1 Å². The Morgan fingerprint density at radius 1 is 1.00 bits per heavy atom.